The van der Waals surface area contributed by atoms with Crippen LogP contribution in [0.2, 0.25) is 0 Å². The van der Waals surface area contributed by atoms with Crippen molar-refractivity contribution in [2.24, 2.45) is 11.8 Å². The number of carbonyl (C=O) groups is 3. The Morgan fingerprint density at radius 2 is 1.69 bits per heavy atom. The summed E-state index contributed by atoms with van der Waals surface area (Å²) in [5.41, 5.74) is 5.89. The Kier molecular flexibility index (Phi) is 12.5. The maximum atomic E-state index is 15.9. The number of aliphatic hydroxyl groups is 1. The van der Waals surface area contributed by atoms with Gasteiger partial charge in [0.2, 0.25) is 11.8 Å². The average molecular weight is 985 g/mol. The Hall–Kier alpha value is -6.59. The fourth-order valence-corrected chi connectivity index (χ4v) is 12.3. The highest BCUT2D eigenvalue weighted by atomic mass is 19.1. The number of fused-ring (bicyclic) bond motifs is 3. The van der Waals surface area contributed by atoms with Gasteiger partial charge in [-0.1, -0.05) is 13.0 Å². The number of amides is 3. The predicted molar refractivity (Wildman–Crippen MR) is 269 cm³/mol. The fraction of sp³-hybridized carbons (Fsp3) is 0.455. The molecule has 2 aromatic heterocycles. The van der Waals surface area contributed by atoms with Crippen LogP contribution in [0, 0.1) is 29.3 Å². The molecule has 4 atom stereocenters. The number of rotatable bonds is 9. The normalized spacial score (nSPS) is 23.6. The van der Waals surface area contributed by atoms with Gasteiger partial charge in [-0.25, -0.2) is 17.7 Å². The monoisotopic (exact) mass is 984 g/mol. The highest BCUT2D eigenvalue weighted by molar-refractivity contribution is 6.11. The van der Waals surface area contributed by atoms with Crippen LogP contribution in [0.4, 0.5) is 30.2 Å². The number of aliphatic hydroxyl groups excluding tert-OH is 1. The first-order valence-corrected chi connectivity index (χ1v) is 25.5. The van der Waals surface area contributed by atoms with Crippen LogP contribution in [0.3, 0.4) is 0 Å². The number of pyridine rings is 2. The van der Waals surface area contributed by atoms with E-state index in [1.54, 1.807) is 29.1 Å². The van der Waals surface area contributed by atoms with Crippen molar-refractivity contribution in [1.82, 2.24) is 24.7 Å². The summed E-state index contributed by atoms with van der Waals surface area (Å²) in [4.78, 5) is 65.1. The minimum Gasteiger partial charge on any atom is -0.386 e. The molecule has 4 fully saturated rings. The molecule has 7 aliphatic rings. The average Bonchev–Trinajstić information content (AvgIpc) is 4.16. The number of piperazine rings is 1. The van der Waals surface area contributed by atoms with Crippen molar-refractivity contribution in [3.05, 3.63) is 122 Å². The van der Waals surface area contributed by atoms with E-state index in [0.717, 1.165) is 85.6 Å². The van der Waals surface area contributed by atoms with Gasteiger partial charge >= 0.3 is 0 Å². The zero-order valence-corrected chi connectivity index (χ0v) is 41.0. The van der Waals surface area contributed by atoms with Crippen LogP contribution in [0.1, 0.15) is 91.5 Å². The Bertz CT molecular complexity index is 3020. The molecule has 72 heavy (non-hydrogen) atoms. The largest absolute Gasteiger partial charge is 0.386 e. The van der Waals surface area contributed by atoms with Gasteiger partial charge in [0.1, 0.15) is 24.1 Å². The van der Waals surface area contributed by atoms with Crippen molar-refractivity contribution in [2.75, 3.05) is 74.5 Å². The zero-order chi connectivity index (χ0) is 50.2. The summed E-state index contributed by atoms with van der Waals surface area (Å²) in [6.07, 6.45) is 12.8. The van der Waals surface area contributed by atoms with Crippen molar-refractivity contribution < 1.29 is 37.2 Å². The molecule has 14 nitrogen and oxygen atoms in total. The molecule has 11 rings (SSSR count). The number of carbonyl (C=O) groups excluding carboxylic acids is 3. The molecule has 5 aliphatic heterocycles. The van der Waals surface area contributed by atoms with Crippen LogP contribution in [0.5, 0.6) is 0 Å². The summed E-state index contributed by atoms with van der Waals surface area (Å²) in [7, 11) is 1.56. The molecule has 3 N–H and O–H groups in total. The van der Waals surface area contributed by atoms with Crippen molar-refractivity contribution >= 4 is 52.6 Å². The minimum atomic E-state index is -1.09. The molecule has 4 aromatic rings. The van der Waals surface area contributed by atoms with E-state index in [1.165, 1.54) is 29.0 Å². The lowest BCUT2D eigenvalue weighted by Gasteiger charge is -2.37. The molecule has 3 unspecified atom stereocenters. The number of halogens is 3. The second-order valence-corrected chi connectivity index (χ2v) is 20.8. The van der Waals surface area contributed by atoms with Crippen molar-refractivity contribution in [3.63, 3.8) is 0 Å². The second kappa shape index (κ2) is 18.8. The molecule has 376 valence electrons. The van der Waals surface area contributed by atoms with Crippen molar-refractivity contribution in [1.29, 1.82) is 0 Å². The molecule has 2 aromatic carbocycles. The number of aromatic nitrogens is 2. The van der Waals surface area contributed by atoms with E-state index in [-0.39, 0.29) is 64.4 Å². The zero-order valence-electron chi connectivity index (χ0n) is 41.0. The van der Waals surface area contributed by atoms with E-state index in [1.807, 2.05) is 12.1 Å². The van der Waals surface area contributed by atoms with Crippen LogP contribution in [0.25, 0.3) is 17.3 Å². The minimum absolute atomic E-state index is 0.00519. The third kappa shape index (κ3) is 8.51. The Labute approximate surface area is 416 Å². The number of benzene rings is 2. The van der Waals surface area contributed by atoms with Gasteiger partial charge in [-0.2, -0.15) is 0 Å². The van der Waals surface area contributed by atoms with E-state index < -0.39 is 35.1 Å². The lowest BCUT2D eigenvalue weighted by atomic mass is 9.82. The molecule has 0 bridgehead atoms. The Morgan fingerprint density at radius 3 is 2.38 bits per heavy atom. The standard InChI is InChI=1S/C55H60F3N9O5/c1-32-24-44-39(46(8-15-60-44)66-31-43(58)45(59-3)29-50(66)69)28-38(32)33(2)63-18-11-35(12-19-63)51-41(56)25-36(26-42(51)57)53(71)65-16-9-34(10-17-65)30-62-20-22-64(23-21-62)37-4-5-47-40(27-37)55(13-14-55)54(72)67(47)48-6-7-49(68)61-52(48)70/h4-5,8,11,15,25-34,48,52,70H,6-7,9-10,12-14,16-24H2,1-3H3,(H-,59,61,68,69)/p+1/t32?,33-,48?,52?/m0/s1. The Morgan fingerprint density at radius 1 is 0.944 bits per heavy atom. The highest BCUT2D eigenvalue weighted by Gasteiger charge is 2.61. The van der Waals surface area contributed by atoms with Gasteiger partial charge in [-0.05, 0) is 117 Å². The topological polar surface area (TPSA) is 146 Å². The first-order chi connectivity index (χ1) is 34.7. The SMILES string of the molecule is CNc1cc(=O)n(-c2ccnc3c2C=C([C@H](C)N2CC=C(c4c(F)cc(C(=O)N5CCC(C=[N+]6CCN(c7ccc8c(c7)C7(CC7)C(=O)N8C7CCC(=O)NC7O)CC6)CC5)cc4F)CC2)C(C)C3)cc1F. The van der Waals surface area contributed by atoms with Gasteiger partial charge in [0, 0.05) is 91.9 Å². The number of anilines is 3. The third-order valence-corrected chi connectivity index (χ3v) is 16.6. The maximum Gasteiger partial charge on any atom is 0.257 e. The van der Waals surface area contributed by atoms with Gasteiger partial charge in [0.25, 0.3) is 11.5 Å². The van der Waals surface area contributed by atoms with Gasteiger partial charge in [0.15, 0.2) is 18.9 Å². The molecule has 17 heteroatoms. The van der Waals surface area contributed by atoms with E-state index in [9.17, 15) is 28.7 Å². The molecule has 2 aliphatic carbocycles. The number of hydrogen-bond donors (Lipinski definition) is 3. The highest BCUT2D eigenvalue weighted by Crippen LogP contribution is 2.59. The Balaban J connectivity index is 0.693. The lowest BCUT2D eigenvalue weighted by molar-refractivity contribution is -0.527. The van der Waals surface area contributed by atoms with Crippen molar-refractivity contribution in [2.45, 2.75) is 88.9 Å². The maximum absolute atomic E-state index is 15.9. The summed E-state index contributed by atoms with van der Waals surface area (Å²) in [5.74, 6) is -2.20. The molecule has 7 heterocycles. The van der Waals surface area contributed by atoms with Crippen LogP contribution in [-0.4, -0.2) is 131 Å². The van der Waals surface area contributed by atoms with Gasteiger partial charge in [-0.3, -0.25) is 33.6 Å². The molecular weight excluding hydrogens is 924 g/mol. The van der Waals surface area contributed by atoms with Gasteiger partial charge in [0.05, 0.1) is 47.8 Å². The summed E-state index contributed by atoms with van der Waals surface area (Å²) < 4.78 is 50.4. The first-order valence-electron chi connectivity index (χ1n) is 25.5. The van der Waals surface area contributed by atoms with Crippen LogP contribution in [-0.2, 0) is 21.4 Å². The molecule has 1 saturated carbocycles. The smallest absolute Gasteiger partial charge is 0.257 e. The van der Waals surface area contributed by atoms with E-state index >= 15 is 8.78 Å². The number of hydrogen-bond acceptors (Lipinski definition) is 9. The molecule has 3 amide bonds. The van der Waals surface area contributed by atoms with E-state index in [0.29, 0.717) is 56.7 Å². The number of piperidine rings is 2. The molecular formula is C55H61F3N9O5+. The number of nitrogens with zero attached hydrogens (tertiary/aromatic N) is 7. The van der Waals surface area contributed by atoms with Crippen LogP contribution in [0.15, 0.2) is 71.3 Å². The quantitative estimate of drug-likeness (QED) is 0.175. The second-order valence-electron chi connectivity index (χ2n) is 20.8. The van der Waals surface area contributed by atoms with E-state index in [2.05, 4.69) is 68.3 Å². The molecule has 3 saturated heterocycles. The lowest BCUT2D eigenvalue weighted by Crippen LogP contribution is -2.57. The summed E-state index contributed by atoms with van der Waals surface area (Å²) in [5, 5.41) is 16.0. The van der Waals surface area contributed by atoms with Crippen LogP contribution < -0.4 is 26.0 Å². The van der Waals surface area contributed by atoms with Gasteiger partial charge in [-0.15, -0.1) is 0 Å². The summed E-state index contributed by atoms with van der Waals surface area (Å²) in [6.45, 7) is 9.49. The third-order valence-electron chi connectivity index (χ3n) is 16.6. The van der Waals surface area contributed by atoms with Crippen LogP contribution >= 0.6 is 0 Å². The summed E-state index contributed by atoms with van der Waals surface area (Å²) in [6, 6.07) is 11.0. The first kappa shape index (κ1) is 47.7. The fourth-order valence-electron chi connectivity index (χ4n) is 12.3. The predicted octanol–water partition coefficient (Wildman–Crippen LogP) is 5.88. The molecule has 0 radical (unpaired) electrons. The van der Waals surface area contributed by atoms with Crippen molar-refractivity contribution in [3.8, 4) is 5.69 Å². The molecule has 1 spiro atoms. The van der Waals surface area contributed by atoms with E-state index in [4.69, 9.17) is 0 Å². The summed E-state index contributed by atoms with van der Waals surface area (Å²) >= 11 is 0. The van der Waals surface area contributed by atoms with Gasteiger partial charge < -0.3 is 30.4 Å². The number of likely N-dealkylation sites (tertiary alicyclic amines) is 1. The number of nitrogens with one attached hydrogen (secondary N) is 2.